The Hall–Kier alpha value is -3.76. The van der Waals surface area contributed by atoms with E-state index in [0.29, 0.717) is 22.0 Å². The summed E-state index contributed by atoms with van der Waals surface area (Å²) in [5, 5.41) is 6.18. The maximum absolute atomic E-state index is 13.2. The van der Waals surface area contributed by atoms with Crippen molar-refractivity contribution in [3.8, 4) is 17.2 Å². The fourth-order valence-corrected chi connectivity index (χ4v) is 4.78. The minimum absolute atomic E-state index is 0.0970. The number of halogens is 1. The van der Waals surface area contributed by atoms with Crippen LogP contribution in [0, 0.1) is 13.8 Å². The number of aryl methyl sites for hydroxylation is 1. The molecular formula is C26H27ClN2O7S. The Morgan fingerprint density at radius 2 is 1.57 bits per heavy atom. The molecule has 1 heterocycles. The lowest BCUT2D eigenvalue weighted by Crippen LogP contribution is -2.15. The average molecular weight is 547 g/mol. The van der Waals surface area contributed by atoms with Crippen LogP contribution in [0.15, 0.2) is 30.3 Å². The summed E-state index contributed by atoms with van der Waals surface area (Å²) >= 11 is 7.14. The molecule has 9 nitrogen and oxygen atoms in total. The second-order valence-electron chi connectivity index (χ2n) is 7.77. The molecule has 2 aromatic carbocycles. The summed E-state index contributed by atoms with van der Waals surface area (Å²) < 4.78 is 21.1. The Morgan fingerprint density at radius 3 is 2.11 bits per heavy atom. The minimum atomic E-state index is -0.658. The lowest BCUT2D eigenvalue weighted by Gasteiger charge is -2.14. The Balaban J connectivity index is 1.99. The van der Waals surface area contributed by atoms with Crippen molar-refractivity contribution in [3.05, 3.63) is 62.5 Å². The van der Waals surface area contributed by atoms with Gasteiger partial charge in [0.05, 0.1) is 38.4 Å². The lowest BCUT2D eigenvalue weighted by atomic mass is 10.1. The van der Waals surface area contributed by atoms with Crippen LogP contribution in [-0.4, -0.2) is 45.7 Å². The average Bonchev–Trinajstić information content (AvgIpc) is 3.20. The molecule has 0 fully saturated rings. The molecule has 0 bridgehead atoms. The van der Waals surface area contributed by atoms with Crippen LogP contribution in [0.25, 0.3) is 0 Å². The van der Waals surface area contributed by atoms with E-state index >= 15 is 0 Å². The van der Waals surface area contributed by atoms with Crippen molar-refractivity contribution < 1.29 is 33.3 Å². The first-order valence-corrected chi connectivity index (χ1v) is 12.3. The Labute approximate surface area is 223 Å². The van der Waals surface area contributed by atoms with Crippen molar-refractivity contribution in [1.29, 1.82) is 0 Å². The van der Waals surface area contributed by atoms with Crippen LogP contribution < -0.4 is 24.8 Å². The molecule has 0 unspecified atom stereocenters. The number of esters is 1. The number of nitrogens with one attached hydrogen (secondary N) is 2. The number of anilines is 2. The fourth-order valence-electron chi connectivity index (χ4n) is 3.51. The van der Waals surface area contributed by atoms with Crippen LogP contribution in [0.1, 0.15) is 48.4 Å². The zero-order valence-corrected chi connectivity index (χ0v) is 22.8. The van der Waals surface area contributed by atoms with Gasteiger partial charge in [0.25, 0.3) is 11.8 Å². The van der Waals surface area contributed by atoms with Crippen LogP contribution in [-0.2, 0) is 4.74 Å². The van der Waals surface area contributed by atoms with E-state index in [1.807, 2.05) is 6.92 Å². The summed E-state index contributed by atoms with van der Waals surface area (Å²) in [5.41, 5.74) is 2.03. The number of methoxy groups -OCH3 is 3. The molecule has 3 aromatic rings. The molecule has 0 aliphatic rings. The standard InChI is InChI=1S/C26H27ClN2O7S/c1-7-36-26(32)20-14(3)22(24(31)28-16-9-8-13(2)17(27)12-16)37-25(20)29-23(30)15-10-18(33-4)21(35-6)19(11-15)34-5/h8-12H,7H2,1-6H3,(H,28,31)(H,29,30). The second-order valence-corrected chi connectivity index (χ2v) is 9.19. The zero-order valence-electron chi connectivity index (χ0n) is 21.2. The maximum atomic E-state index is 13.2. The molecule has 0 radical (unpaired) electrons. The van der Waals surface area contributed by atoms with E-state index in [1.54, 1.807) is 32.0 Å². The molecule has 0 spiro atoms. The number of hydrogen-bond acceptors (Lipinski definition) is 8. The van der Waals surface area contributed by atoms with Gasteiger partial charge in [0.15, 0.2) is 11.5 Å². The molecule has 1 aromatic heterocycles. The van der Waals surface area contributed by atoms with Gasteiger partial charge in [0.2, 0.25) is 5.75 Å². The van der Waals surface area contributed by atoms with Gasteiger partial charge in [-0.05, 0) is 56.2 Å². The molecule has 0 saturated heterocycles. The summed E-state index contributed by atoms with van der Waals surface area (Å²) in [5.74, 6) is -0.761. The van der Waals surface area contributed by atoms with Gasteiger partial charge in [0, 0.05) is 16.3 Å². The van der Waals surface area contributed by atoms with Crippen LogP contribution in [0.4, 0.5) is 10.7 Å². The molecular weight excluding hydrogens is 520 g/mol. The highest BCUT2D eigenvalue weighted by molar-refractivity contribution is 7.19. The van der Waals surface area contributed by atoms with Gasteiger partial charge in [-0.25, -0.2) is 4.79 Å². The van der Waals surface area contributed by atoms with E-state index in [-0.39, 0.29) is 39.1 Å². The highest BCUT2D eigenvalue weighted by atomic mass is 35.5. The van der Waals surface area contributed by atoms with Crippen LogP contribution in [0.3, 0.4) is 0 Å². The van der Waals surface area contributed by atoms with Gasteiger partial charge in [-0.1, -0.05) is 17.7 Å². The minimum Gasteiger partial charge on any atom is -0.493 e. The lowest BCUT2D eigenvalue weighted by molar-refractivity contribution is 0.0527. The first-order valence-electron chi connectivity index (χ1n) is 11.1. The number of hydrogen-bond donors (Lipinski definition) is 2. The molecule has 0 aliphatic carbocycles. The Kier molecular flexibility index (Phi) is 9.01. The van der Waals surface area contributed by atoms with Crippen LogP contribution in [0.2, 0.25) is 5.02 Å². The number of thiophene rings is 1. The number of ether oxygens (including phenoxy) is 4. The number of rotatable bonds is 9. The van der Waals surface area contributed by atoms with E-state index in [9.17, 15) is 14.4 Å². The number of benzene rings is 2. The SMILES string of the molecule is CCOC(=O)c1c(NC(=O)c2cc(OC)c(OC)c(OC)c2)sc(C(=O)Nc2ccc(C)c(Cl)c2)c1C. The number of carbonyl (C=O) groups is 3. The highest BCUT2D eigenvalue weighted by Gasteiger charge is 2.28. The van der Waals surface area contributed by atoms with Crippen molar-refractivity contribution in [2.45, 2.75) is 20.8 Å². The number of carbonyl (C=O) groups excluding carboxylic acids is 3. The van der Waals surface area contributed by atoms with Gasteiger partial charge >= 0.3 is 5.97 Å². The van der Waals surface area contributed by atoms with Crippen molar-refractivity contribution in [1.82, 2.24) is 0 Å². The topological polar surface area (TPSA) is 112 Å². The first-order chi connectivity index (χ1) is 17.6. The van der Waals surface area contributed by atoms with E-state index in [0.717, 1.165) is 16.9 Å². The summed E-state index contributed by atoms with van der Waals surface area (Å²) in [6.07, 6.45) is 0. The second kappa shape index (κ2) is 12.0. The molecule has 2 amide bonds. The van der Waals surface area contributed by atoms with Gasteiger partial charge in [-0.2, -0.15) is 0 Å². The summed E-state index contributed by atoms with van der Waals surface area (Å²) in [6, 6.07) is 8.11. The predicted octanol–water partition coefficient (Wildman–Crippen LogP) is 5.73. The summed E-state index contributed by atoms with van der Waals surface area (Å²) in [4.78, 5) is 39.4. The van der Waals surface area contributed by atoms with Crippen LogP contribution in [0.5, 0.6) is 17.2 Å². The molecule has 0 atom stereocenters. The maximum Gasteiger partial charge on any atom is 0.341 e. The van der Waals surface area contributed by atoms with Crippen molar-refractivity contribution >= 4 is 51.4 Å². The molecule has 0 aliphatic heterocycles. The fraction of sp³-hybridized carbons (Fsp3) is 0.269. The third kappa shape index (κ3) is 5.98. The zero-order chi connectivity index (χ0) is 27.3. The Bertz CT molecular complexity index is 1330. The molecule has 37 heavy (non-hydrogen) atoms. The summed E-state index contributed by atoms with van der Waals surface area (Å²) in [6.45, 7) is 5.26. The van der Waals surface area contributed by atoms with Crippen molar-refractivity contribution in [2.75, 3.05) is 38.6 Å². The molecule has 196 valence electrons. The largest absolute Gasteiger partial charge is 0.493 e. The highest BCUT2D eigenvalue weighted by Crippen LogP contribution is 2.39. The third-order valence-electron chi connectivity index (χ3n) is 5.42. The van der Waals surface area contributed by atoms with Gasteiger partial charge in [-0.3, -0.25) is 9.59 Å². The number of amides is 2. The van der Waals surface area contributed by atoms with Crippen LogP contribution >= 0.6 is 22.9 Å². The van der Waals surface area contributed by atoms with Gasteiger partial charge < -0.3 is 29.6 Å². The first kappa shape index (κ1) is 27.8. The molecule has 0 saturated carbocycles. The normalized spacial score (nSPS) is 10.5. The van der Waals surface area contributed by atoms with Crippen molar-refractivity contribution in [2.24, 2.45) is 0 Å². The van der Waals surface area contributed by atoms with E-state index in [1.165, 1.54) is 33.5 Å². The van der Waals surface area contributed by atoms with Gasteiger partial charge in [-0.15, -0.1) is 11.3 Å². The smallest absolute Gasteiger partial charge is 0.341 e. The Morgan fingerprint density at radius 1 is 0.919 bits per heavy atom. The van der Waals surface area contributed by atoms with E-state index in [4.69, 9.17) is 30.5 Å². The van der Waals surface area contributed by atoms with Gasteiger partial charge in [0.1, 0.15) is 5.00 Å². The predicted molar refractivity (Wildman–Crippen MR) is 143 cm³/mol. The molecule has 11 heteroatoms. The summed E-state index contributed by atoms with van der Waals surface area (Å²) in [7, 11) is 4.33. The quantitative estimate of drug-likeness (QED) is 0.330. The monoisotopic (exact) mass is 546 g/mol. The van der Waals surface area contributed by atoms with Crippen molar-refractivity contribution in [3.63, 3.8) is 0 Å². The van der Waals surface area contributed by atoms with E-state index in [2.05, 4.69) is 10.6 Å². The molecule has 2 N–H and O–H groups in total. The molecule has 3 rings (SSSR count). The third-order valence-corrected chi connectivity index (χ3v) is 7.03. The van der Waals surface area contributed by atoms with E-state index < -0.39 is 17.8 Å².